The van der Waals surface area contributed by atoms with Crippen LogP contribution in [0.15, 0.2) is 18.2 Å². The quantitative estimate of drug-likeness (QED) is 0.780. The first-order valence-electron chi connectivity index (χ1n) is 9.60. The van der Waals surface area contributed by atoms with Gasteiger partial charge in [-0.15, -0.1) is 0 Å². The monoisotopic (exact) mass is 394 g/mol. The molecule has 0 radical (unpaired) electrons. The molecule has 2 fully saturated rings. The lowest BCUT2D eigenvalue weighted by Crippen LogP contribution is -2.64. The zero-order valence-corrected chi connectivity index (χ0v) is 15.5. The van der Waals surface area contributed by atoms with Crippen molar-refractivity contribution < 1.29 is 23.1 Å². The van der Waals surface area contributed by atoms with Crippen LogP contribution in [-0.2, 0) is 20.7 Å². The minimum atomic E-state index is -0.567. The van der Waals surface area contributed by atoms with Gasteiger partial charge in [0.15, 0.2) is 0 Å². The number of ether oxygens (including phenoxy) is 1. The third-order valence-electron chi connectivity index (χ3n) is 5.54. The Labute approximate surface area is 162 Å². The van der Waals surface area contributed by atoms with E-state index >= 15 is 0 Å². The van der Waals surface area contributed by atoms with Crippen molar-refractivity contribution in [2.24, 2.45) is 0 Å². The number of halogens is 2. The van der Waals surface area contributed by atoms with Gasteiger partial charge in [0.25, 0.3) is 0 Å². The normalized spacial score (nSPS) is 28.1. The van der Waals surface area contributed by atoms with Crippen LogP contribution in [0.1, 0.15) is 18.4 Å². The second-order valence-corrected chi connectivity index (χ2v) is 7.39. The van der Waals surface area contributed by atoms with Gasteiger partial charge in [0.05, 0.1) is 37.9 Å². The standard InChI is InChI=1S/C19H24F2N4O3/c20-10-12-11-24(6-7-28-12)17-9-18(26)23-16(22-17)8-19(27)25-5-4-13-14(21)2-1-3-15(13)25/h1-3,12,16-17,22H,4-11H2,(H,23,26). The lowest BCUT2D eigenvalue weighted by Gasteiger charge is -2.42. The number of nitrogens with one attached hydrogen (secondary N) is 2. The van der Waals surface area contributed by atoms with Crippen LogP contribution >= 0.6 is 0 Å². The molecule has 28 heavy (non-hydrogen) atoms. The number of carbonyl (C=O) groups is 2. The van der Waals surface area contributed by atoms with E-state index in [2.05, 4.69) is 10.6 Å². The summed E-state index contributed by atoms with van der Waals surface area (Å²) in [5.41, 5.74) is 1.16. The molecule has 2 saturated heterocycles. The summed E-state index contributed by atoms with van der Waals surface area (Å²) in [6, 6.07) is 4.73. The predicted molar refractivity (Wildman–Crippen MR) is 97.8 cm³/mol. The van der Waals surface area contributed by atoms with Crippen molar-refractivity contribution in [1.82, 2.24) is 15.5 Å². The highest BCUT2D eigenvalue weighted by atomic mass is 19.1. The Bertz CT molecular complexity index is 763. The number of alkyl halides is 1. The SMILES string of the molecule is O=C1CC(N2CCOC(CF)C2)NC(CC(=O)N2CCc3c(F)cccc32)N1. The molecule has 9 heteroatoms. The Morgan fingerprint density at radius 1 is 1.32 bits per heavy atom. The highest BCUT2D eigenvalue weighted by Gasteiger charge is 2.35. The van der Waals surface area contributed by atoms with Crippen molar-refractivity contribution >= 4 is 17.5 Å². The lowest BCUT2D eigenvalue weighted by atomic mass is 10.1. The van der Waals surface area contributed by atoms with Gasteiger partial charge < -0.3 is 15.0 Å². The Kier molecular flexibility index (Phi) is 5.56. The van der Waals surface area contributed by atoms with Gasteiger partial charge in [0.2, 0.25) is 11.8 Å². The van der Waals surface area contributed by atoms with Crippen LogP contribution in [0.2, 0.25) is 0 Å². The molecule has 152 valence electrons. The third-order valence-corrected chi connectivity index (χ3v) is 5.54. The van der Waals surface area contributed by atoms with E-state index in [1.807, 2.05) is 4.90 Å². The molecule has 4 rings (SSSR count). The second-order valence-electron chi connectivity index (χ2n) is 7.39. The number of benzene rings is 1. The van der Waals surface area contributed by atoms with Crippen LogP contribution in [0.4, 0.5) is 14.5 Å². The molecule has 1 aromatic rings. The number of amides is 2. The minimum Gasteiger partial charge on any atom is -0.373 e. The van der Waals surface area contributed by atoms with Crippen molar-refractivity contribution in [3.63, 3.8) is 0 Å². The van der Waals surface area contributed by atoms with Crippen LogP contribution in [0, 0.1) is 5.82 Å². The first kappa shape index (κ1) is 19.2. The fourth-order valence-electron chi connectivity index (χ4n) is 4.16. The molecule has 3 unspecified atom stereocenters. The fraction of sp³-hybridized carbons (Fsp3) is 0.579. The first-order valence-corrected chi connectivity index (χ1v) is 9.60. The van der Waals surface area contributed by atoms with E-state index < -0.39 is 18.9 Å². The van der Waals surface area contributed by atoms with Gasteiger partial charge in [-0.2, -0.15) is 0 Å². The zero-order chi connectivity index (χ0) is 19.7. The molecule has 2 N–H and O–H groups in total. The molecule has 3 atom stereocenters. The van der Waals surface area contributed by atoms with Crippen LogP contribution in [-0.4, -0.2) is 68.1 Å². The van der Waals surface area contributed by atoms with Crippen molar-refractivity contribution in [3.8, 4) is 0 Å². The summed E-state index contributed by atoms with van der Waals surface area (Å²) in [6.07, 6.45) is -0.497. The Balaban J connectivity index is 1.40. The molecule has 0 spiro atoms. The smallest absolute Gasteiger partial charge is 0.230 e. The van der Waals surface area contributed by atoms with E-state index in [0.29, 0.717) is 43.9 Å². The second kappa shape index (κ2) is 8.10. The molecule has 2 amide bonds. The molecule has 3 aliphatic heterocycles. The zero-order valence-electron chi connectivity index (χ0n) is 15.5. The van der Waals surface area contributed by atoms with E-state index in [4.69, 9.17) is 4.74 Å². The molecule has 1 aromatic carbocycles. The third kappa shape index (κ3) is 3.87. The van der Waals surface area contributed by atoms with Crippen LogP contribution < -0.4 is 15.5 Å². The molecular formula is C19H24F2N4O3. The van der Waals surface area contributed by atoms with E-state index in [9.17, 15) is 18.4 Å². The number of hydrogen-bond acceptors (Lipinski definition) is 5. The maximum absolute atomic E-state index is 13.9. The van der Waals surface area contributed by atoms with Gasteiger partial charge in [-0.25, -0.2) is 8.78 Å². The number of nitrogens with zero attached hydrogens (tertiary/aromatic N) is 2. The average Bonchev–Trinajstić information content (AvgIpc) is 3.13. The maximum atomic E-state index is 13.9. The number of rotatable bonds is 4. The summed E-state index contributed by atoms with van der Waals surface area (Å²) in [6.45, 7) is 1.28. The summed E-state index contributed by atoms with van der Waals surface area (Å²) in [5.74, 6) is -0.629. The van der Waals surface area contributed by atoms with Gasteiger partial charge in [0.1, 0.15) is 12.5 Å². The molecule has 0 aliphatic carbocycles. The largest absolute Gasteiger partial charge is 0.373 e. The number of anilines is 1. The highest BCUT2D eigenvalue weighted by Crippen LogP contribution is 2.30. The predicted octanol–water partition coefficient (Wildman–Crippen LogP) is 0.537. The van der Waals surface area contributed by atoms with E-state index in [1.165, 1.54) is 6.07 Å². The molecule has 0 bridgehead atoms. The van der Waals surface area contributed by atoms with Crippen LogP contribution in [0.3, 0.4) is 0 Å². The topological polar surface area (TPSA) is 73.9 Å². The van der Waals surface area contributed by atoms with Crippen LogP contribution in [0.5, 0.6) is 0 Å². The summed E-state index contributed by atoms with van der Waals surface area (Å²) in [5, 5.41) is 6.08. The molecular weight excluding hydrogens is 370 g/mol. The summed E-state index contributed by atoms with van der Waals surface area (Å²) < 4.78 is 32.2. The van der Waals surface area contributed by atoms with Crippen molar-refractivity contribution in [2.45, 2.75) is 37.7 Å². The first-order chi connectivity index (χ1) is 13.5. The molecule has 7 nitrogen and oxygen atoms in total. The number of fused-ring (bicyclic) bond motifs is 1. The van der Waals surface area contributed by atoms with Gasteiger partial charge in [-0.1, -0.05) is 6.07 Å². The highest BCUT2D eigenvalue weighted by molar-refractivity contribution is 5.96. The number of morpholine rings is 1. The Morgan fingerprint density at radius 3 is 3.00 bits per heavy atom. The van der Waals surface area contributed by atoms with Gasteiger partial charge in [-0.3, -0.25) is 19.8 Å². The Hall–Kier alpha value is -2.10. The molecule has 3 heterocycles. The van der Waals surface area contributed by atoms with E-state index in [0.717, 1.165) is 0 Å². The van der Waals surface area contributed by atoms with Gasteiger partial charge in [-0.05, 0) is 18.6 Å². The number of hydrogen-bond donors (Lipinski definition) is 2. The van der Waals surface area contributed by atoms with Crippen LogP contribution in [0.25, 0.3) is 0 Å². The average molecular weight is 394 g/mol. The van der Waals surface area contributed by atoms with E-state index in [1.54, 1.807) is 17.0 Å². The fourth-order valence-corrected chi connectivity index (χ4v) is 4.16. The Morgan fingerprint density at radius 2 is 2.18 bits per heavy atom. The van der Waals surface area contributed by atoms with E-state index in [-0.39, 0.29) is 36.6 Å². The minimum absolute atomic E-state index is 0.0646. The number of carbonyl (C=O) groups excluding carboxylic acids is 2. The van der Waals surface area contributed by atoms with Crippen molar-refractivity contribution in [2.75, 3.05) is 37.8 Å². The molecule has 0 saturated carbocycles. The van der Waals surface area contributed by atoms with Crippen molar-refractivity contribution in [1.29, 1.82) is 0 Å². The lowest BCUT2D eigenvalue weighted by molar-refractivity contribution is -0.130. The summed E-state index contributed by atoms with van der Waals surface area (Å²) in [7, 11) is 0. The van der Waals surface area contributed by atoms with Gasteiger partial charge in [0, 0.05) is 30.9 Å². The summed E-state index contributed by atoms with van der Waals surface area (Å²) in [4.78, 5) is 28.5. The molecule has 3 aliphatic rings. The maximum Gasteiger partial charge on any atom is 0.230 e. The summed E-state index contributed by atoms with van der Waals surface area (Å²) >= 11 is 0. The molecule has 0 aromatic heterocycles. The van der Waals surface area contributed by atoms with Crippen molar-refractivity contribution in [3.05, 3.63) is 29.6 Å². The van der Waals surface area contributed by atoms with Gasteiger partial charge >= 0.3 is 0 Å².